The largest absolute Gasteiger partial charge is 0.372 e. The first-order valence-electron chi connectivity index (χ1n) is 7.70. The molecule has 2 nitrogen and oxygen atoms in total. The maximum Gasteiger partial charge on any atom is 0.159 e. The predicted molar refractivity (Wildman–Crippen MR) is 88.4 cm³/mol. The summed E-state index contributed by atoms with van der Waals surface area (Å²) in [6, 6.07) is 19.6. The number of Topliss-reactive ketones (excluding diaryl/α,β-unsaturated/α-hetero) is 1. The van der Waals surface area contributed by atoms with Crippen molar-refractivity contribution in [1.29, 1.82) is 0 Å². The molecule has 0 heterocycles. The fourth-order valence-corrected chi connectivity index (χ4v) is 2.39. The Morgan fingerprint density at radius 2 is 1.57 bits per heavy atom. The minimum Gasteiger partial charge on any atom is -0.372 e. The van der Waals surface area contributed by atoms with E-state index in [1.165, 1.54) is 0 Å². The van der Waals surface area contributed by atoms with Gasteiger partial charge in [-0.15, -0.1) is 0 Å². The van der Waals surface area contributed by atoms with Gasteiger partial charge in [0.05, 0.1) is 0 Å². The lowest BCUT2D eigenvalue weighted by atomic mass is 9.98. The van der Waals surface area contributed by atoms with Crippen LogP contribution in [0.2, 0.25) is 0 Å². The van der Waals surface area contributed by atoms with Crippen LogP contribution in [0.1, 0.15) is 44.2 Å². The van der Waals surface area contributed by atoms with Gasteiger partial charge in [-0.05, 0) is 24.1 Å². The summed E-state index contributed by atoms with van der Waals surface area (Å²) in [6.45, 7) is 2.15. The number of hydrogen-bond acceptors (Lipinski definition) is 2. The summed E-state index contributed by atoms with van der Waals surface area (Å²) in [5, 5.41) is 3.37. The monoisotopic (exact) mass is 281 g/mol. The second kappa shape index (κ2) is 8.25. The van der Waals surface area contributed by atoms with Crippen LogP contribution in [0.3, 0.4) is 0 Å². The van der Waals surface area contributed by atoms with Gasteiger partial charge in [0, 0.05) is 12.1 Å². The maximum absolute atomic E-state index is 12.6. The summed E-state index contributed by atoms with van der Waals surface area (Å²) in [5.41, 5.74) is 2.01. The SMILES string of the molecule is CCCCCC(=O)C(Nc1ccccc1)c1ccccc1. The van der Waals surface area contributed by atoms with Crippen LogP contribution in [-0.4, -0.2) is 5.78 Å². The molecule has 0 aliphatic carbocycles. The Labute approximate surface area is 127 Å². The Morgan fingerprint density at radius 3 is 2.19 bits per heavy atom. The zero-order chi connectivity index (χ0) is 14.9. The van der Waals surface area contributed by atoms with E-state index in [2.05, 4.69) is 12.2 Å². The molecule has 0 aliphatic rings. The molecule has 2 aromatic rings. The van der Waals surface area contributed by atoms with E-state index in [9.17, 15) is 4.79 Å². The van der Waals surface area contributed by atoms with Crippen molar-refractivity contribution >= 4 is 11.5 Å². The summed E-state index contributed by atoms with van der Waals surface area (Å²) in [6.07, 6.45) is 3.84. The highest BCUT2D eigenvalue weighted by Crippen LogP contribution is 2.22. The molecular formula is C19H23NO. The summed E-state index contributed by atoms with van der Waals surface area (Å²) < 4.78 is 0. The molecule has 0 saturated heterocycles. The first kappa shape index (κ1) is 15.3. The van der Waals surface area contributed by atoms with Gasteiger partial charge in [0.25, 0.3) is 0 Å². The maximum atomic E-state index is 12.6. The molecule has 0 spiro atoms. The highest BCUT2D eigenvalue weighted by Gasteiger charge is 2.19. The first-order chi connectivity index (χ1) is 10.3. The molecule has 1 unspecified atom stereocenters. The first-order valence-corrected chi connectivity index (χ1v) is 7.70. The lowest BCUT2D eigenvalue weighted by Crippen LogP contribution is -2.21. The topological polar surface area (TPSA) is 29.1 Å². The number of rotatable bonds is 8. The zero-order valence-electron chi connectivity index (χ0n) is 12.6. The summed E-state index contributed by atoms with van der Waals surface area (Å²) in [7, 11) is 0. The molecule has 110 valence electrons. The van der Waals surface area contributed by atoms with Crippen molar-refractivity contribution < 1.29 is 4.79 Å². The van der Waals surface area contributed by atoms with E-state index in [0.717, 1.165) is 30.5 Å². The molecule has 0 saturated carbocycles. The summed E-state index contributed by atoms with van der Waals surface area (Å²) in [5.74, 6) is 0.263. The van der Waals surface area contributed by atoms with Crippen molar-refractivity contribution in [1.82, 2.24) is 0 Å². The van der Waals surface area contributed by atoms with Crippen LogP contribution in [0.25, 0.3) is 0 Å². The average molecular weight is 281 g/mol. The van der Waals surface area contributed by atoms with Gasteiger partial charge in [-0.25, -0.2) is 0 Å². The van der Waals surface area contributed by atoms with E-state index in [1.54, 1.807) is 0 Å². The van der Waals surface area contributed by atoms with Gasteiger partial charge in [0.1, 0.15) is 6.04 Å². The molecule has 0 aromatic heterocycles. The normalized spacial score (nSPS) is 11.9. The molecule has 0 amide bonds. The van der Waals surface area contributed by atoms with Gasteiger partial charge >= 0.3 is 0 Å². The minimum atomic E-state index is -0.259. The third kappa shape index (κ3) is 4.75. The van der Waals surface area contributed by atoms with Crippen molar-refractivity contribution in [3.05, 3.63) is 66.2 Å². The van der Waals surface area contributed by atoms with Crippen molar-refractivity contribution in [3.8, 4) is 0 Å². The lowest BCUT2D eigenvalue weighted by molar-refractivity contribution is -0.120. The number of carbonyl (C=O) groups excluding carboxylic acids is 1. The van der Waals surface area contributed by atoms with Crippen LogP contribution in [0, 0.1) is 0 Å². The molecule has 21 heavy (non-hydrogen) atoms. The Kier molecular flexibility index (Phi) is 6.01. The number of hydrogen-bond donors (Lipinski definition) is 1. The molecule has 1 atom stereocenters. The molecule has 0 fully saturated rings. The van der Waals surface area contributed by atoms with E-state index < -0.39 is 0 Å². The number of nitrogens with one attached hydrogen (secondary N) is 1. The van der Waals surface area contributed by atoms with Crippen LogP contribution in [0.5, 0.6) is 0 Å². The highest BCUT2D eigenvalue weighted by molar-refractivity contribution is 5.87. The van der Waals surface area contributed by atoms with E-state index >= 15 is 0 Å². The zero-order valence-corrected chi connectivity index (χ0v) is 12.6. The van der Waals surface area contributed by atoms with Crippen LogP contribution in [0.15, 0.2) is 60.7 Å². The van der Waals surface area contributed by atoms with Crippen LogP contribution in [-0.2, 0) is 4.79 Å². The Bertz CT molecular complexity index is 536. The molecule has 0 aliphatic heterocycles. The Hall–Kier alpha value is -2.09. The van der Waals surface area contributed by atoms with Crippen molar-refractivity contribution in [3.63, 3.8) is 0 Å². The third-order valence-corrected chi connectivity index (χ3v) is 3.57. The molecule has 0 radical (unpaired) electrons. The second-order valence-corrected chi connectivity index (χ2v) is 5.28. The number of ketones is 1. The van der Waals surface area contributed by atoms with Gasteiger partial charge in [-0.3, -0.25) is 4.79 Å². The number of unbranched alkanes of at least 4 members (excludes halogenated alkanes) is 2. The minimum absolute atomic E-state index is 0.259. The number of carbonyl (C=O) groups is 1. The van der Waals surface area contributed by atoms with Crippen LogP contribution < -0.4 is 5.32 Å². The second-order valence-electron chi connectivity index (χ2n) is 5.28. The average Bonchev–Trinajstić information content (AvgIpc) is 2.54. The quantitative estimate of drug-likeness (QED) is 0.691. The van der Waals surface area contributed by atoms with Crippen molar-refractivity contribution in [2.45, 2.75) is 38.6 Å². The molecule has 2 rings (SSSR count). The van der Waals surface area contributed by atoms with E-state index in [-0.39, 0.29) is 11.8 Å². The van der Waals surface area contributed by atoms with E-state index in [0.29, 0.717) is 6.42 Å². The fraction of sp³-hybridized carbons (Fsp3) is 0.316. The molecule has 2 aromatic carbocycles. The van der Waals surface area contributed by atoms with Crippen LogP contribution >= 0.6 is 0 Å². The standard InChI is InChI=1S/C19H23NO/c1-2-3-6-15-18(21)19(16-11-7-4-8-12-16)20-17-13-9-5-10-14-17/h4-5,7-14,19-20H,2-3,6,15H2,1H3. The predicted octanol–water partition coefficient (Wildman–Crippen LogP) is 4.99. The Balaban J connectivity index is 2.12. The van der Waals surface area contributed by atoms with Gasteiger partial charge < -0.3 is 5.32 Å². The molecule has 2 heteroatoms. The molecule has 1 N–H and O–H groups in total. The van der Waals surface area contributed by atoms with Gasteiger partial charge in [0.2, 0.25) is 0 Å². The van der Waals surface area contributed by atoms with E-state index in [1.807, 2.05) is 60.7 Å². The highest BCUT2D eigenvalue weighted by atomic mass is 16.1. The Morgan fingerprint density at radius 1 is 0.952 bits per heavy atom. The van der Waals surface area contributed by atoms with E-state index in [4.69, 9.17) is 0 Å². The van der Waals surface area contributed by atoms with Crippen LogP contribution in [0.4, 0.5) is 5.69 Å². The number of para-hydroxylation sites is 1. The number of benzene rings is 2. The molecule has 0 bridgehead atoms. The van der Waals surface area contributed by atoms with Gasteiger partial charge in [-0.1, -0.05) is 68.3 Å². The van der Waals surface area contributed by atoms with Crippen molar-refractivity contribution in [2.75, 3.05) is 5.32 Å². The molecular weight excluding hydrogens is 258 g/mol. The van der Waals surface area contributed by atoms with Gasteiger partial charge in [0.15, 0.2) is 5.78 Å². The summed E-state index contributed by atoms with van der Waals surface area (Å²) in [4.78, 5) is 12.6. The van der Waals surface area contributed by atoms with Gasteiger partial charge in [-0.2, -0.15) is 0 Å². The lowest BCUT2D eigenvalue weighted by Gasteiger charge is -2.19. The third-order valence-electron chi connectivity index (χ3n) is 3.57. The fourth-order valence-electron chi connectivity index (χ4n) is 2.39. The number of anilines is 1. The smallest absolute Gasteiger partial charge is 0.159 e. The summed E-state index contributed by atoms with van der Waals surface area (Å²) >= 11 is 0. The van der Waals surface area contributed by atoms with Crippen molar-refractivity contribution in [2.24, 2.45) is 0 Å².